The Morgan fingerprint density at radius 3 is 3.00 bits per heavy atom. The van der Waals surface area contributed by atoms with Crippen LogP contribution in [-0.4, -0.2) is 32.2 Å². The summed E-state index contributed by atoms with van der Waals surface area (Å²) >= 11 is 0. The van der Waals surface area contributed by atoms with Crippen LogP contribution in [0, 0.1) is 11.8 Å². The normalized spacial score (nSPS) is 22.7. The Morgan fingerprint density at radius 1 is 1.67 bits per heavy atom. The highest BCUT2D eigenvalue weighted by molar-refractivity contribution is 5.78. The molecule has 2 unspecified atom stereocenters. The van der Waals surface area contributed by atoms with Crippen LogP contribution < -0.4 is 11.1 Å². The average molecular weight is 214 g/mol. The third-order valence-electron chi connectivity index (χ3n) is 2.88. The summed E-state index contributed by atoms with van der Waals surface area (Å²) in [4.78, 5) is 11.7. The van der Waals surface area contributed by atoms with E-state index in [0.29, 0.717) is 12.5 Å². The van der Waals surface area contributed by atoms with Gasteiger partial charge in [-0.1, -0.05) is 13.3 Å². The van der Waals surface area contributed by atoms with Gasteiger partial charge in [-0.15, -0.1) is 0 Å². The minimum absolute atomic E-state index is 0.0164. The number of carbonyl (C=O) groups is 1. The fraction of sp³-hybridized carbons (Fsp3) is 0.909. The van der Waals surface area contributed by atoms with E-state index < -0.39 is 0 Å². The lowest BCUT2D eigenvalue weighted by molar-refractivity contribution is -0.125. The topological polar surface area (TPSA) is 64.4 Å². The molecule has 4 heteroatoms. The largest absolute Gasteiger partial charge is 0.381 e. The van der Waals surface area contributed by atoms with E-state index in [1.165, 1.54) is 0 Å². The summed E-state index contributed by atoms with van der Waals surface area (Å²) in [6, 6.07) is 0. The summed E-state index contributed by atoms with van der Waals surface area (Å²) in [7, 11) is 0. The number of rotatable bonds is 6. The molecule has 15 heavy (non-hydrogen) atoms. The minimum atomic E-state index is -0.0164. The third kappa shape index (κ3) is 4.18. The van der Waals surface area contributed by atoms with Crippen molar-refractivity contribution in [2.45, 2.75) is 26.2 Å². The van der Waals surface area contributed by atoms with Crippen molar-refractivity contribution in [2.75, 3.05) is 26.3 Å². The molecule has 0 aromatic carbocycles. The Hall–Kier alpha value is -0.610. The molecule has 1 aliphatic rings. The smallest absolute Gasteiger partial charge is 0.224 e. The molecule has 0 saturated carbocycles. The standard InChI is InChI=1S/C11H22N2O2/c1-2-3-10(6-12)11(14)13-7-9-4-5-15-8-9/h9-10H,2-8,12H2,1H3,(H,13,14). The van der Waals surface area contributed by atoms with Crippen molar-refractivity contribution in [1.82, 2.24) is 5.32 Å². The molecule has 3 N–H and O–H groups in total. The van der Waals surface area contributed by atoms with E-state index in [1.54, 1.807) is 0 Å². The van der Waals surface area contributed by atoms with Gasteiger partial charge in [0.25, 0.3) is 0 Å². The first-order valence-corrected chi connectivity index (χ1v) is 5.83. The molecule has 0 aliphatic carbocycles. The van der Waals surface area contributed by atoms with Gasteiger partial charge in [0, 0.05) is 25.6 Å². The summed E-state index contributed by atoms with van der Waals surface area (Å²) in [6.45, 7) is 4.86. The Kier molecular flexibility index (Phi) is 5.65. The second kappa shape index (κ2) is 6.80. The lowest BCUT2D eigenvalue weighted by Gasteiger charge is -2.15. The van der Waals surface area contributed by atoms with Crippen LogP contribution in [0.2, 0.25) is 0 Å². The molecule has 1 amide bonds. The first-order valence-electron chi connectivity index (χ1n) is 5.83. The van der Waals surface area contributed by atoms with Gasteiger partial charge in [-0.3, -0.25) is 4.79 Å². The molecule has 0 aromatic rings. The number of amides is 1. The Labute approximate surface area is 91.5 Å². The Morgan fingerprint density at radius 2 is 2.47 bits per heavy atom. The first kappa shape index (κ1) is 12.5. The van der Waals surface area contributed by atoms with Crippen LogP contribution in [0.15, 0.2) is 0 Å². The van der Waals surface area contributed by atoms with E-state index in [9.17, 15) is 4.79 Å². The third-order valence-corrected chi connectivity index (χ3v) is 2.88. The van der Waals surface area contributed by atoms with Crippen LogP contribution in [0.4, 0.5) is 0 Å². The summed E-state index contributed by atoms with van der Waals surface area (Å²) < 4.78 is 5.25. The van der Waals surface area contributed by atoms with Crippen molar-refractivity contribution in [1.29, 1.82) is 0 Å². The Bertz CT molecular complexity index is 191. The molecule has 0 spiro atoms. The summed E-state index contributed by atoms with van der Waals surface area (Å²) in [6.07, 6.45) is 2.94. The van der Waals surface area contributed by atoms with E-state index in [4.69, 9.17) is 10.5 Å². The van der Waals surface area contributed by atoms with E-state index in [2.05, 4.69) is 12.2 Å². The van der Waals surface area contributed by atoms with Gasteiger partial charge in [-0.05, 0) is 12.8 Å². The van der Waals surface area contributed by atoms with Gasteiger partial charge in [0.05, 0.1) is 12.5 Å². The van der Waals surface area contributed by atoms with Crippen LogP contribution in [-0.2, 0) is 9.53 Å². The fourth-order valence-corrected chi connectivity index (χ4v) is 1.84. The zero-order valence-corrected chi connectivity index (χ0v) is 9.50. The van der Waals surface area contributed by atoms with Crippen LogP contribution >= 0.6 is 0 Å². The van der Waals surface area contributed by atoms with Crippen molar-refractivity contribution in [3.63, 3.8) is 0 Å². The minimum Gasteiger partial charge on any atom is -0.381 e. The van der Waals surface area contributed by atoms with Gasteiger partial charge in [-0.25, -0.2) is 0 Å². The molecule has 2 atom stereocenters. The monoisotopic (exact) mass is 214 g/mol. The zero-order valence-electron chi connectivity index (χ0n) is 9.50. The van der Waals surface area contributed by atoms with Crippen LogP contribution in [0.25, 0.3) is 0 Å². The molecular weight excluding hydrogens is 192 g/mol. The van der Waals surface area contributed by atoms with Crippen LogP contribution in [0.5, 0.6) is 0 Å². The van der Waals surface area contributed by atoms with E-state index >= 15 is 0 Å². The zero-order chi connectivity index (χ0) is 11.1. The van der Waals surface area contributed by atoms with E-state index in [0.717, 1.165) is 39.0 Å². The highest BCUT2D eigenvalue weighted by Crippen LogP contribution is 2.11. The summed E-state index contributed by atoms with van der Waals surface area (Å²) in [5, 5.41) is 2.96. The number of ether oxygens (including phenoxy) is 1. The molecule has 0 bridgehead atoms. The lowest BCUT2D eigenvalue weighted by Crippen LogP contribution is -2.37. The second-order valence-electron chi connectivity index (χ2n) is 4.20. The molecular formula is C11H22N2O2. The van der Waals surface area contributed by atoms with Gasteiger partial charge < -0.3 is 15.8 Å². The molecule has 1 rings (SSSR count). The highest BCUT2D eigenvalue weighted by Gasteiger charge is 2.19. The van der Waals surface area contributed by atoms with Crippen molar-refractivity contribution in [3.05, 3.63) is 0 Å². The maximum absolute atomic E-state index is 11.7. The van der Waals surface area contributed by atoms with E-state index in [-0.39, 0.29) is 11.8 Å². The Balaban J connectivity index is 2.20. The van der Waals surface area contributed by atoms with Gasteiger partial charge in [-0.2, -0.15) is 0 Å². The molecule has 4 nitrogen and oxygen atoms in total. The SMILES string of the molecule is CCCC(CN)C(=O)NCC1CCOC1. The molecule has 1 aliphatic heterocycles. The molecule has 1 saturated heterocycles. The molecule has 0 radical (unpaired) electrons. The van der Waals surface area contributed by atoms with E-state index in [1.807, 2.05) is 0 Å². The molecule has 1 fully saturated rings. The van der Waals surface area contributed by atoms with Crippen molar-refractivity contribution < 1.29 is 9.53 Å². The molecule has 88 valence electrons. The maximum Gasteiger partial charge on any atom is 0.224 e. The summed E-state index contributed by atoms with van der Waals surface area (Å²) in [5.41, 5.74) is 5.56. The predicted molar refractivity (Wildman–Crippen MR) is 59.4 cm³/mol. The fourth-order valence-electron chi connectivity index (χ4n) is 1.84. The van der Waals surface area contributed by atoms with Crippen LogP contribution in [0.3, 0.4) is 0 Å². The van der Waals surface area contributed by atoms with Gasteiger partial charge in [0.15, 0.2) is 0 Å². The highest BCUT2D eigenvalue weighted by atomic mass is 16.5. The predicted octanol–water partition coefficient (Wildman–Crippen LogP) is 0.514. The maximum atomic E-state index is 11.7. The average Bonchev–Trinajstić information content (AvgIpc) is 2.75. The van der Waals surface area contributed by atoms with Gasteiger partial charge in [0.2, 0.25) is 5.91 Å². The first-order chi connectivity index (χ1) is 7.27. The second-order valence-corrected chi connectivity index (χ2v) is 4.20. The number of nitrogens with two attached hydrogens (primary N) is 1. The van der Waals surface area contributed by atoms with Crippen LogP contribution in [0.1, 0.15) is 26.2 Å². The number of carbonyl (C=O) groups excluding carboxylic acids is 1. The van der Waals surface area contributed by atoms with Crippen molar-refractivity contribution in [3.8, 4) is 0 Å². The number of hydrogen-bond acceptors (Lipinski definition) is 3. The van der Waals surface area contributed by atoms with Crippen molar-refractivity contribution in [2.24, 2.45) is 17.6 Å². The number of nitrogens with one attached hydrogen (secondary N) is 1. The quantitative estimate of drug-likeness (QED) is 0.677. The molecule has 1 heterocycles. The van der Waals surface area contributed by atoms with Gasteiger partial charge >= 0.3 is 0 Å². The van der Waals surface area contributed by atoms with Crippen molar-refractivity contribution >= 4 is 5.91 Å². The molecule has 0 aromatic heterocycles. The van der Waals surface area contributed by atoms with Gasteiger partial charge in [0.1, 0.15) is 0 Å². The summed E-state index contributed by atoms with van der Waals surface area (Å²) in [5.74, 6) is 0.581. The lowest BCUT2D eigenvalue weighted by atomic mass is 10.0. The number of hydrogen-bond donors (Lipinski definition) is 2.